The lowest BCUT2D eigenvalue weighted by Crippen LogP contribution is -2.19. The van der Waals surface area contributed by atoms with Crippen LogP contribution in [-0.2, 0) is 0 Å². The second-order valence-electron chi connectivity index (χ2n) is 3.98. The lowest BCUT2D eigenvalue weighted by atomic mass is 10.2. The first-order valence-electron chi connectivity index (χ1n) is 5.38. The van der Waals surface area contributed by atoms with Crippen LogP contribution in [0.1, 0.15) is 18.4 Å². The Kier molecular flexibility index (Phi) is 2.94. The van der Waals surface area contributed by atoms with Gasteiger partial charge in [-0.15, -0.1) is 0 Å². The molecule has 0 radical (unpaired) electrons. The molecule has 5 heteroatoms. The van der Waals surface area contributed by atoms with E-state index in [1.165, 1.54) is 12.8 Å². The van der Waals surface area contributed by atoms with Crippen LogP contribution in [-0.4, -0.2) is 29.3 Å². The molecule has 1 fully saturated rings. The molecule has 1 aliphatic heterocycles. The van der Waals surface area contributed by atoms with Crippen molar-refractivity contribution in [2.24, 2.45) is 0 Å². The smallest absolute Gasteiger partial charge is 0.410 e. The number of hydrogen-bond donors (Lipinski definition) is 2. The van der Waals surface area contributed by atoms with E-state index < -0.39 is 6.09 Å². The summed E-state index contributed by atoms with van der Waals surface area (Å²) in [6.45, 7) is 4.10. The van der Waals surface area contributed by atoms with E-state index in [0.29, 0.717) is 5.82 Å². The third-order valence-electron chi connectivity index (χ3n) is 2.76. The summed E-state index contributed by atoms with van der Waals surface area (Å²) in [5.74, 6) is 0.382. The molecule has 1 aromatic heterocycles. The molecule has 86 valence electrons. The number of carboxylic acid groups (broad SMARTS) is 1. The minimum absolute atomic E-state index is 0.382. The molecule has 1 aromatic rings. The summed E-state index contributed by atoms with van der Waals surface area (Å²) in [6, 6.07) is 1.77. The molecule has 16 heavy (non-hydrogen) atoms. The minimum Gasteiger partial charge on any atom is -0.465 e. The molecule has 0 aliphatic carbocycles. The molecule has 2 N–H and O–H groups in total. The van der Waals surface area contributed by atoms with Crippen LogP contribution in [0.3, 0.4) is 0 Å². The SMILES string of the molecule is Cc1cc(NC(=O)O)ncc1N1CCCC1. The van der Waals surface area contributed by atoms with Gasteiger partial charge in [-0.2, -0.15) is 0 Å². The van der Waals surface area contributed by atoms with Crippen molar-refractivity contribution in [3.05, 3.63) is 17.8 Å². The van der Waals surface area contributed by atoms with Gasteiger partial charge in [0.1, 0.15) is 5.82 Å². The van der Waals surface area contributed by atoms with E-state index in [1.807, 2.05) is 6.92 Å². The quantitative estimate of drug-likeness (QED) is 0.802. The van der Waals surface area contributed by atoms with Crippen molar-refractivity contribution >= 4 is 17.6 Å². The Hall–Kier alpha value is -1.78. The van der Waals surface area contributed by atoms with Gasteiger partial charge in [0.05, 0.1) is 11.9 Å². The van der Waals surface area contributed by atoms with Gasteiger partial charge in [-0.3, -0.25) is 5.32 Å². The molecule has 1 aliphatic rings. The van der Waals surface area contributed by atoms with E-state index in [0.717, 1.165) is 24.3 Å². The average Bonchev–Trinajstić information content (AvgIpc) is 2.69. The zero-order valence-electron chi connectivity index (χ0n) is 9.23. The third-order valence-corrected chi connectivity index (χ3v) is 2.76. The van der Waals surface area contributed by atoms with Crippen molar-refractivity contribution in [2.75, 3.05) is 23.3 Å². The first-order chi connectivity index (χ1) is 7.66. The highest BCUT2D eigenvalue weighted by Crippen LogP contribution is 2.24. The monoisotopic (exact) mass is 221 g/mol. The second kappa shape index (κ2) is 4.38. The fourth-order valence-corrected chi connectivity index (χ4v) is 2.02. The first-order valence-corrected chi connectivity index (χ1v) is 5.38. The third kappa shape index (κ3) is 2.24. The lowest BCUT2D eigenvalue weighted by Gasteiger charge is -2.19. The van der Waals surface area contributed by atoms with Crippen molar-refractivity contribution < 1.29 is 9.90 Å². The van der Waals surface area contributed by atoms with Gasteiger partial charge in [0.25, 0.3) is 0 Å². The maximum atomic E-state index is 10.5. The Morgan fingerprint density at radius 3 is 2.75 bits per heavy atom. The summed E-state index contributed by atoms with van der Waals surface area (Å²) >= 11 is 0. The standard InChI is InChI=1S/C11H15N3O2/c1-8-6-10(13-11(15)16)12-7-9(8)14-4-2-3-5-14/h6-7H,2-5H2,1H3,(H,12,13)(H,15,16). The second-order valence-corrected chi connectivity index (χ2v) is 3.98. The van der Waals surface area contributed by atoms with Crippen LogP contribution in [0.15, 0.2) is 12.3 Å². The molecular weight excluding hydrogens is 206 g/mol. The molecule has 0 atom stereocenters. The molecule has 1 amide bonds. The summed E-state index contributed by atoms with van der Waals surface area (Å²) in [4.78, 5) is 16.8. The number of nitrogens with one attached hydrogen (secondary N) is 1. The summed E-state index contributed by atoms with van der Waals surface area (Å²) < 4.78 is 0. The average molecular weight is 221 g/mol. The van der Waals surface area contributed by atoms with Crippen molar-refractivity contribution in [1.29, 1.82) is 0 Å². The molecule has 0 bridgehead atoms. The van der Waals surface area contributed by atoms with Crippen molar-refractivity contribution in [1.82, 2.24) is 4.98 Å². The molecule has 1 saturated heterocycles. The van der Waals surface area contributed by atoms with E-state index in [1.54, 1.807) is 12.3 Å². The van der Waals surface area contributed by atoms with Crippen LogP contribution in [0.4, 0.5) is 16.3 Å². The topological polar surface area (TPSA) is 65.5 Å². The fourth-order valence-electron chi connectivity index (χ4n) is 2.02. The van der Waals surface area contributed by atoms with Gasteiger partial charge in [0.2, 0.25) is 0 Å². The fraction of sp³-hybridized carbons (Fsp3) is 0.455. The number of nitrogens with zero attached hydrogens (tertiary/aromatic N) is 2. The van der Waals surface area contributed by atoms with E-state index in [2.05, 4.69) is 15.2 Å². The van der Waals surface area contributed by atoms with Gasteiger partial charge in [-0.25, -0.2) is 9.78 Å². The molecule has 0 unspecified atom stereocenters. The highest BCUT2D eigenvalue weighted by Gasteiger charge is 2.15. The summed E-state index contributed by atoms with van der Waals surface area (Å²) in [7, 11) is 0. The summed E-state index contributed by atoms with van der Waals surface area (Å²) in [5.41, 5.74) is 2.16. The van der Waals surface area contributed by atoms with Gasteiger partial charge < -0.3 is 10.0 Å². The van der Waals surface area contributed by atoms with Crippen LogP contribution in [0, 0.1) is 6.92 Å². The number of rotatable bonds is 2. The molecule has 0 saturated carbocycles. The minimum atomic E-state index is -1.08. The Labute approximate surface area is 94.1 Å². The van der Waals surface area contributed by atoms with Crippen molar-refractivity contribution in [3.8, 4) is 0 Å². The van der Waals surface area contributed by atoms with Crippen LogP contribution in [0.2, 0.25) is 0 Å². The number of aromatic nitrogens is 1. The Balaban J connectivity index is 2.18. The maximum Gasteiger partial charge on any atom is 0.410 e. The predicted octanol–water partition coefficient (Wildman–Crippen LogP) is 2.08. The molecular formula is C11H15N3O2. The molecule has 0 aromatic carbocycles. The van der Waals surface area contributed by atoms with Gasteiger partial charge in [0.15, 0.2) is 0 Å². The zero-order chi connectivity index (χ0) is 11.5. The van der Waals surface area contributed by atoms with Crippen LogP contribution in [0.25, 0.3) is 0 Å². The molecule has 2 rings (SSSR count). The van der Waals surface area contributed by atoms with Crippen LogP contribution < -0.4 is 10.2 Å². The van der Waals surface area contributed by atoms with Gasteiger partial charge >= 0.3 is 6.09 Å². The molecule has 0 spiro atoms. The maximum absolute atomic E-state index is 10.5. The van der Waals surface area contributed by atoms with Crippen molar-refractivity contribution in [2.45, 2.75) is 19.8 Å². The van der Waals surface area contributed by atoms with Gasteiger partial charge in [0, 0.05) is 13.1 Å². The van der Waals surface area contributed by atoms with Gasteiger partial charge in [-0.05, 0) is 31.4 Å². The van der Waals surface area contributed by atoms with E-state index in [9.17, 15) is 4.79 Å². The first kappa shape index (κ1) is 10.7. The largest absolute Gasteiger partial charge is 0.465 e. The van der Waals surface area contributed by atoms with Crippen molar-refractivity contribution in [3.63, 3.8) is 0 Å². The Morgan fingerprint density at radius 2 is 2.19 bits per heavy atom. The van der Waals surface area contributed by atoms with Gasteiger partial charge in [-0.1, -0.05) is 0 Å². The van der Waals surface area contributed by atoms with Crippen LogP contribution in [0.5, 0.6) is 0 Å². The Morgan fingerprint density at radius 1 is 1.50 bits per heavy atom. The van der Waals surface area contributed by atoms with E-state index >= 15 is 0 Å². The highest BCUT2D eigenvalue weighted by atomic mass is 16.4. The summed E-state index contributed by atoms with van der Waals surface area (Å²) in [5, 5.41) is 10.8. The summed E-state index contributed by atoms with van der Waals surface area (Å²) in [6.07, 6.45) is 3.09. The van der Waals surface area contributed by atoms with E-state index in [-0.39, 0.29) is 0 Å². The zero-order valence-corrected chi connectivity index (χ0v) is 9.23. The molecule has 2 heterocycles. The number of hydrogen-bond acceptors (Lipinski definition) is 3. The van der Waals surface area contributed by atoms with Crippen LogP contribution >= 0.6 is 0 Å². The normalized spacial score (nSPS) is 15.2. The highest BCUT2D eigenvalue weighted by molar-refractivity contribution is 5.81. The predicted molar refractivity (Wildman–Crippen MR) is 62.1 cm³/mol. The number of amides is 1. The Bertz CT molecular complexity index is 400. The lowest BCUT2D eigenvalue weighted by molar-refractivity contribution is 0.209. The molecule has 5 nitrogen and oxygen atoms in total. The number of aryl methyl sites for hydroxylation is 1. The number of anilines is 2. The number of pyridine rings is 1. The number of carbonyl (C=O) groups is 1. The van der Waals surface area contributed by atoms with E-state index in [4.69, 9.17) is 5.11 Å².